The number of carbonyl (C=O) groups is 2. The number of fused-ring (bicyclic) bond motifs is 1. The Kier molecular flexibility index (Phi) is 11.2. The van der Waals surface area contributed by atoms with Crippen molar-refractivity contribution in [1.82, 2.24) is 0 Å². The number of ketones is 1. The zero-order valence-electron chi connectivity index (χ0n) is 28.1. The zero-order valence-corrected chi connectivity index (χ0v) is 29.7. The van der Waals surface area contributed by atoms with Crippen LogP contribution in [0, 0.1) is 30.1 Å². The van der Waals surface area contributed by atoms with Gasteiger partial charge in [-0.1, -0.05) is 34.4 Å². The van der Waals surface area contributed by atoms with E-state index >= 15 is 0 Å². The van der Waals surface area contributed by atoms with E-state index in [1.54, 1.807) is 10.8 Å². The van der Waals surface area contributed by atoms with Crippen molar-refractivity contribution in [2.24, 2.45) is 23.2 Å². The highest BCUT2D eigenvalue weighted by atomic mass is 33.1. The zero-order chi connectivity index (χ0) is 36.0. The molecule has 1 saturated carbocycles. The minimum atomic E-state index is -1.77. The fourth-order valence-electron chi connectivity index (χ4n) is 9.10. The van der Waals surface area contributed by atoms with Gasteiger partial charge in [-0.3, -0.25) is 4.79 Å². The van der Waals surface area contributed by atoms with Gasteiger partial charge in [0.15, 0.2) is 5.78 Å². The number of aliphatic hydroxyl groups is 4. The first-order valence-electron chi connectivity index (χ1n) is 17.0. The standard InChI is InChI=1S/C35H46O13S2/c1-17-25(18(2)38)29(40)26-22(28(17)39)10-21(32(43)44)11-23(26)47-33-30(41)31(42)35(24(12-37)48-33)7-6-19-4-3-5-20-13-45-14-34(8-9-36,27(19)20)15-49-50-16-46-35/h10-11,19-20,24,27,30-31,33,36-37,39-42H,3-9,12-16H2,1-2H3,(H,43,44)/t19-,20-,24-,27-,30-,31-,33+,34-,35+/m1/s1. The number of rotatable bonds is 7. The van der Waals surface area contributed by atoms with Crippen molar-refractivity contribution >= 4 is 44.1 Å². The number of Topliss-reactive ketones (excluding diaryl/α,β-unsaturated/α-hetero) is 1. The summed E-state index contributed by atoms with van der Waals surface area (Å²) in [5.74, 6) is -1.59. The predicted molar refractivity (Wildman–Crippen MR) is 185 cm³/mol. The van der Waals surface area contributed by atoms with Crippen LogP contribution in [0.2, 0.25) is 0 Å². The lowest BCUT2D eigenvalue weighted by molar-refractivity contribution is -0.323. The van der Waals surface area contributed by atoms with Crippen molar-refractivity contribution < 1.29 is 64.3 Å². The van der Waals surface area contributed by atoms with Gasteiger partial charge in [0.1, 0.15) is 47.1 Å². The summed E-state index contributed by atoms with van der Waals surface area (Å²) < 4.78 is 24.7. The average molecular weight is 739 g/mol. The second-order valence-corrected chi connectivity index (χ2v) is 16.6. The molecule has 1 aliphatic carbocycles. The predicted octanol–water partition coefficient (Wildman–Crippen LogP) is 3.60. The summed E-state index contributed by atoms with van der Waals surface area (Å²) in [6.45, 7) is 3.27. The molecule has 7 N–H and O–H groups in total. The van der Waals surface area contributed by atoms with Crippen LogP contribution >= 0.6 is 21.6 Å². The Morgan fingerprint density at radius 2 is 1.82 bits per heavy atom. The first kappa shape index (κ1) is 37.4. The minimum absolute atomic E-state index is 0.0428. The van der Waals surface area contributed by atoms with Crippen molar-refractivity contribution in [1.29, 1.82) is 0 Å². The van der Waals surface area contributed by atoms with Crippen molar-refractivity contribution in [2.75, 3.05) is 38.1 Å². The molecule has 2 aromatic carbocycles. The number of benzene rings is 2. The topological polar surface area (TPSA) is 213 Å². The molecular weight excluding hydrogens is 693 g/mol. The van der Waals surface area contributed by atoms with E-state index in [0.717, 1.165) is 37.1 Å². The normalized spacial score (nSPS) is 34.9. The quantitative estimate of drug-likeness (QED) is 0.123. The van der Waals surface area contributed by atoms with Gasteiger partial charge in [0.25, 0.3) is 0 Å². The molecule has 3 heterocycles. The molecule has 0 amide bonds. The van der Waals surface area contributed by atoms with Gasteiger partial charge in [-0.25, -0.2) is 4.79 Å². The number of aromatic hydroxyl groups is 2. The molecule has 3 aliphatic heterocycles. The molecule has 15 heteroatoms. The largest absolute Gasteiger partial charge is 0.507 e. The molecule has 0 radical (unpaired) electrons. The maximum absolute atomic E-state index is 12.5. The van der Waals surface area contributed by atoms with Crippen LogP contribution < -0.4 is 4.74 Å². The van der Waals surface area contributed by atoms with Crippen LogP contribution in [0.15, 0.2) is 12.1 Å². The van der Waals surface area contributed by atoms with E-state index < -0.39 is 60.1 Å². The van der Waals surface area contributed by atoms with Gasteiger partial charge in [0.05, 0.1) is 29.7 Å². The van der Waals surface area contributed by atoms with Crippen LogP contribution in [0.4, 0.5) is 0 Å². The number of hydrogen-bond donors (Lipinski definition) is 7. The van der Waals surface area contributed by atoms with Crippen LogP contribution in [0.5, 0.6) is 17.2 Å². The number of carboxylic acids is 1. The van der Waals surface area contributed by atoms with Gasteiger partial charge >= 0.3 is 5.97 Å². The van der Waals surface area contributed by atoms with Gasteiger partial charge < -0.3 is 54.7 Å². The third-order valence-electron chi connectivity index (χ3n) is 11.4. The lowest BCUT2D eigenvalue weighted by Crippen LogP contribution is -2.69. The second kappa shape index (κ2) is 15.0. The Morgan fingerprint density at radius 1 is 1.06 bits per heavy atom. The summed E-state index contributed by atoms with van der Waals surface area (Å²) in [4.78, 5) is 24.5. The molecule has 0 aromatic heterocycles. The number of ether oxygens (including phenoxy) is 4. The Balaban J connectivity index is 1.35. The lowest BCUT2D eigenvalue weighted by Gasteiger charge is -2.54. The van der Waals surface area contributed by atoms with Crippen LogP contribution in [-0.2, 0) is 14.2 Å². The Bertz CT molecular complexity index is 1590. The number of aromatic carboxylic acids is 1. The molecule has 4 fully saturated rings. The van der Waals surface area contributed by atoms with E-state index in [2.05, 4.69) is 0 Å². The van der Waals surface area contributed by atoms with E-state index in [-0.39, 0.29) is 69.4 Å². The SMILES string of the molecule is CC(=O)c1c(C)c(O)c2cc(C(=O)O)cc(O[C@H]3O[C@H](CO)[C@@]4(CC[C@H]5CCC[C@@H]6COC[C@](CCO)(CSSCO4)[C@H]56)[C@H](O)[C@H]3O)c2c1O. The van der Waals surface area contributed by atoms with Gasteiger partial charge in [-0.05, 0) is 69.4 Å². The van der Waals surface area contributed by atoms with Crippen molar-refractivity contribution in [2.45, 2.75) is 82.6 Å². The Hall–Kier alpha value is -2.34. The number of carbonyl (C=O) groups excluding carboxylic acids is 1. The van der Waals surface area contributed by atoms with Crippen molar-refractivity contribution in [3.63, 3.8) is 0 Å². The van der Waals surface area contributed by atoms with Gasteiger partial charge in [0.2, 0.25) is 6.29 Å². The summed E-state index contributed by atoms with van der Waals surface area (Å²) in [6, 6.07) is 2.19. The lowest BCUT2D eigenvalue weighted by atomic mass is 9.56. The molecule has 1 spiro atoms. The van der Waals surface area contributed by atoms with E-state index in [0.29, 0.717) is 32.0 Å². The van der Waals surface area contributed by atoms with Gasteiger partial charge in [-0.2, -0.15) is 0 Å². The Labute approximate surface area is 297 Å². The minimum Gasteiger partial charge on any atom is -0.507 e. The monoisotopic (exact) mass is 738 g/mol. The summed E-state index contributed by atoms with van der Waals surface area (Å²) >= 11 is 0. The molecule has 3 saturated heterocycles. The number of aliphatic hydroxyl groups excluding tert-OH is 4. The molecule has 13 nitrogen and oxygen atoms in total. The van der Waals surface area contributed by atoms with Crippen LogP contribution in [0.25, 0.3) is 10.8 Å². The highest BCUT2D eigenvalue weighted by Gasteiger charge is 2.59. The second-order valence-electron chi connectivity index (χ2n) is 14.1. The van der Waals surface area contributed by atoms with E-state index in [1.165, 1.54) is 24.6 Å². The summed E-state index contributed by atoms with van der Waals surface area (Å²) in [5.41, 5.74) is -2.24. The van der Waals surface area contributed by atoms with E-state index in [4.69, 9.17) is 18.9 Å². The molecule has 6 rings (SSSR count). The maximum Gasteiger partial charge on any atom is 0.335 e. The average Bonchev–Trinajstić information content (AvgIpc) is 3.11. The van der Waals surface area contributed by atoms with E-state index in [9.17, 15) is 45.3 Å². The fraction of sp³-hybridized carbons (Fsp3) is 0.657. The molecule has 50 heavy (non-hydrogen) atoms. The summed E-state index contributed by atoms with van der Waals surface area (Å²) in [6.07, 6.45) is -1.82. The third-order valence-corrected chi connectivity index (χ3v) is 13.6. The van der Waals surface area contributed by atoms with Gasteiger partial charge in [-0.15, -0.1) is 0 Å². The molecule has 276 valence electrons. The van der Waals surface area contributed by atoms with Crippen molar-refractivity contribution in [3.8, 4) is 17.2 Å². The smallest absolute Gasteiger partial charge is 0.335 e. The number of phenols is 2. The van der Waals surface area contributed by atoms with Crippen LogP contribution in [0.1, 0.15) is 71.7 Å². The Morgan fingerprint density at radius 3 is 2.52 bits per heavy atom. The van der Waals surface area contributed by atoms with Crippen LogP contribution in [0.3, 0.4) is 0 Å². The van der Waals surface area contributed by atoms with Crippen LogP contribution in [-0.4, -0.2) is 116 Å². The van der Waals surface area contributed by atoms with Crippen molar-refractivity contribution in [3.05, 3.63) is 28.8 Å². The molecule has 2 aromatic rings. The maximum atomic E-state index is 12.5. The summed E-state index contributed by atoms with van der Waals surface area (Å²) in [5, 5.41) is 76.1. The molecule has 0 bridgehead atoms. The third kappa shape index (κ3) is 6.47. The molecule has 9 atom stereocenters. The van der Waals surface area contributed by atoms with Gasteiger partial charge in [0, 0.05) is 35.3 Å². The highest BCUT2D eigenvalue weighted by molar-refractivity contribution is 8.76. The molecule has 4 aliphatic rings. The summed E-state index contributed by atoms with van der Waals surface area (Å²) in [7, 11) is 3.04. The fourth-order valence-corrected chi connectivity index (χ4v) is 11.5. The molecular formula is C35H46O13S2. The number of phenolic OH excluding ortho intramolecular Hbond substituents is 2. The first-order chi connectivity index (χ1) is 23.9. The number of hydrogen-bond acceptors (Lipinski definition) is 14. The van der Waals surface area contributed by atoms with E-state index in [1.807, 2.05) is 0 Å². The number of carboxylic acid groups (broad SMARTS) is 1. The highest BCUT2D eigenvalue weighted by Crippen LogP contribution is 2.55. The molecule has 0 unspecified atom stereocenters. The first-order valence-corrected chi connectivity index (χ1v) is 19.5.